The smallest absolute Gasteiger partial charge is 0.305 e. The Bertz CT molecular complexity index is 575. The summed E-state index contributed by atoms with van der Waals surface area (Å²) in [6.07, 6.45) is 6.39. The zero-order valence-electron chi connectivity index (χ0n) is 13.7. The first-order valence-electron chi connectivity index (χ1n) is 8.47. The average molecular weight is 332 g/mol. The van der Waals surface area contributed by atoms with E-state index >= 15 is 0 Å². The van der Waals surface area contributed by atoms with Crippen LogP contribution in [0.5, 0.6) is 0 Å². The van der Waals surface area contributed by atoms with Gasteiger partial charge >= 0.3 is 5.97 Å². The van der Waals surface area contributed by atoms with Crippen LogP contribution in [-0.2, 0) is 9.59 Å². The van der Waals surface area contributed by atoms with Gasteiger partial charge in [-0.05, 0) is 37.1 Å². The van der Waals surface area contributed by atoms with E-state index < -0.39 is 5.97 Å². The summed E-state index contributed by atoms with van der Waals surface area (Å²) in [7, 11) is 0. The summed E-state index contributed by atoms with van der Waals surface area (Å²) in [4.78, 5) is 34.6. The number of aliphatic carboxylic acids is 1. The van der Waals surface area contributed by atoms with E-state index in [2.05, 4.69) is 10.6 Å². The molecule has 1 aliphatic rings. The number of anilines is 1. The van der Waals surface area contributed by atoms with E-state index in [1.807, 2.05) is 0 Å². The van der Waals surface area contributed by atoms with Gasteiger partial charge in [0.2, 0.25) is 5.91 Å². The normalized spacial score (nSPS) is 15.3. The van der Waals surface area contributed by atoms with Crippen LogP contribution < -0.4 is 10.6 Å². The van der Waals surface area contributed by atoms with Crippen molar-refractivity contribution < 1.29 is 19.5 Å². The Kier molecular flexibility index (Phi) is 6.78. The summed E-state index contributed by atoms with van der Waals surface area (Å²) >= 11 is 0. The Labute approximate surface area is 141 Å². The number of benzene rings is 1. The monoisotopic (exact) mass is 332 g/mol. The molecule has 3 N–H and O–H groups in total. The van der Waals surface area contributed by atoms with Crippen LogP contribution in [0.3, 0.4) is 0 Å². The first-order chi connectivity index (χ1) is 11.6. The Morgan fingerprint density at radius 2 is 1.62 bits per heavy atom. The summed E-state index contributed by atoms with van der Waals surface area (Å²) in [5, 5.41) is 14.0. The molecule has 0 radical (unpaired) electrons. The number of carboxylic acids is 1. The van der Waals surface area contributed by atoms with Crippen molar-refractivity contribution in [1.29, 1.82) is 0 Å². The molecule has 0 bridgehead atoms. The number of carboxylic acid groups (broad SMARTS) is 1. The molecule has 130 valence electrons. The van der Waals surface area contributed by atoms with Crippen LogP contribution in [0, 0.1) is 5.92 Å². The summed E-state index contributed by atoms with van der Waals surface area (Å²) in [5.41, 5.74) is 1.11. The van der Waals surface area contributed by atoms with Crippen LogP contribution in [0.1, 0.15) is 55.3 Å². The van der Waals surface area contributed by atoms with Crippen LogP contribution >= 0.6 is 0 Å². The van der Waals surface area contributed by atoms with Crippen molar-refractivity contribution in [3.8, 4) is 0 Å². The van der Waals surface area contributed by atoms with Gasteiger partial charge in [-0.1, -0.05) is 25.7 Å². The van der Waals surface area contributed by atoms with Gasteiger partial charge in [0.15, 0.2) is 0 Å². The minimum atomic E-state index is -0.952. The van der Waals surface area contributed by atoms with E-state index in [1.54, 1.807) is 24.3 Å². The standard InChI is InChI=1S/C18H24N2O4/c21-16(22)11-12-19-17(23)14-7-9-15(10-8-14)20-18(24)13-5-3-1-2-4-6-13/h7-10,13H,1-6,11-12H2,(H,19,23)(H,20,24)(H,21,22). The lowest BCUT2D eigenvalue weighted by Gasteiger charge is -2.14. The largest absolute Gasteiger partial charge is 0.481 e. The van der Waals surface area contributed by atoms with E-state index in [0.717, 1.165) is 25.7 Å². The Morgan fingerprint density at radius 3 is 2.21 bits per heavy atom. The van der Waals surface area contributed by atoms with Gasteiger partial charge in [0, 0.05) is 23.7 Å². The van der Waals surface area contributed by atoms with Crippen molar-refractivity contribution in [3.63, 3.8) is 0 Å². The molecule has 1 saturated carbocycles. The first-order valence-corrected chi connectivity index (χ1v) is 8.47. The second-order valence-electron chi connectivity index (χ2n) is 6.15. The second kappa shape index (κ2) is 9.05. The van der Waals surface area contributed by atoms with Crippen LogP contribution in [0.25, 0.3) is 0 Å². The number of hydrogen-bond acceptors (Lipinski definition) is 3. The maximum atomic E-state index is 12.3. The highest BCUT2D eigenvalue weighted by Crippen LogP contribution is 2.24. The Balaban J connectivity index is 1.85. The molecule has 0 spiro atoms. The first kappa shape index (κ1) is 18.0. The number of hydrogen-bond donors (Lipinski definition) is 3. The molecule has 0 saturated heterocycles. The van der Waals surface area contributed by atoms with Crippen molar-refractivity contribution in [3.05, 3.63) is 29.8 Å². The zero-order chi connectivity index (χ0) is 17.4. The van der Waals surface area contributed by atoms with E-state index in [-0.39, 0.29) is 30.7 Å². The molecule has 1 aliphatic carbocycles. The Hall–Kier alpha value is -2.37. The molecule has 24 heavy (non-hydrogen) atoms. The lowest BCUT2D eigenvalue weighted by molar-refractivity contribution is -0.136. The highest BCUT2D eigenvalue weighted by atomic mass is 16.4. The molecule has 0 heterocycles. The molecular weight excluding hydrogens is 308 g/mol. The molecule has 0 unspecified atom stereocenters. The molecule has 6 nitrogen and oxygen atoms in total. The van der Waals surface area contributed by atoms with Gasteiger partial charge in [-0.25, -0.2) is 0 Å². The molecule has 0 aromatic heterocycles. The van der Waals surface area contributed by atoms with Crippen molar-refractivity contribution in [2.24, 2.45) is 5.92 Å². The van der Waals surface area contributed by atoms with Crippen molar-refractivity contribution >= 4 is 23.5 Å². The Morgan fingerprint density at radius 1 is 1.00 bits per heavy atom. The second-order valence-corrected chi connectivity index (χ2v) is 6.15. The lowest BCUT2D eigenvalue weighted by atomic mass is 9.99. The maximum Gasteiger partial charge on any atom is 0.305 e. The van der Waals surface area contributed by atoms with Gasteiger partial charge in [-0.2, -0.15) is 0 Å². The van der Waals surface area contributed by atoms with E-state index in [4.69, 9.17) is 5.11 Å². The zero-order valence-corrected chi connectivity index (χ0v) is 13.7. The highest BCUT2D eigenvalue weighted by Gasteiger charge is 2.20. The molecule has 0 aliphatic heterocycles. The molecule has 2 amide bonds. The van der Waals surface area contributed by atoms with Crippen LogP contribution in [0.4, 0.5) is 5.69 Å². The molecule has 2 rings (SSSR count). The van der Waals surface area contributed by atoms with Crippen LogP contribution in [0.2, 0.25) is 0 Å². The average Bonchev–Trinajstić information content (AvgIpc) is 2.84. The summed E-state index contributed by atoms with van der Waals surface area (Å²) in [6, 6.07) is 6.64. The number of rotatable bonds is 6. The fourth-order valence-corrected chi connectivity index (χ4v) is 2.88. The summed E-state index contributed by atoms with van der Waals surface area (Å²) in [6.45, 7) is 0.0916. The van der Waals surface area contributed by atoms with E-state index in [0.29, 0.717) is 11.3 Å². The number of carbonyl (C=O) groups is 3. The third kappa shape index (κ3) is 5.68. The van der Waals surface area contributed by atoms with Crippen LogP contribution in [0.15, 0.2) is 24.3 Å². The summed E-state index contributed by atoms with van der Waals surface area (Å²) in [5.74, 6) is -1.15. The molecule has 1 aromatic rings. The molecular formula is C18H24N2O4. The molecule has 6 heteroatoms. The molecule has 0 atom stereocenters. The molecule has 1 fully saturated rings. The minimum Gasteiger partial charge on any atom is -0.481 e. The lowest BCUT2D eigenvalue weighted by Crippen LogP contribution is -2.26. The van der Waals surface area contributed by atoms with E-state index in [9.17, 15) is 14.4 Å². The number of nitrogens with one attached hydrogen (secondary N) is 2. The fraction of sp³-hybridized carbons (Fsp3) is 0.500. The van der Waals surface area contributed by atoms with Crippen molar-refractivity contribution in [2.45, 2.75) is 44.9 Å². The number of carbonyl (C=O) groups excluding carboxylic acids is 2. The quantitative estimate of drug-likeness (QED) is 0.698. The van der Waals surface area contributed by atoms with Gasteiger partial charge in [0.25, 0.3) is 5.91 Å². The van der Waals surface area contributed by atoms with E-state index in [1.165, 1.54) is 12.8 Å². The van der Waals surface area contributed by atoms with Gasteiger partial charge in [-0.15, -0.1) is 0 Å². The molecule has 1 aromatic carbocycles. The topological polar surface area (TPSA) is 95.5 Å². The van der Waals surface area contributed by atoms with Crippen LogP contribution in [-0.4, -0.2) is 29.4 Å². The van der Waals surface area contributed by atoms with Crippen molar-refractivity contribution in [1.82, 2.24) is 5.32 Å². The van der Waals surface area contributed by atoms with Gasteiger partial charge < -0.3 is 15.7 Å². The minimum absolute atomic E-state index is 0.0514. The SMILES string of the molecule is O=C(O)CCNC(=O)c1ccc(NC(=O)C2CCCCCC2)cc1. The number of amides is 2. The predicted molar refractivity (Wildman–Crippen MR) is 90.8 cm³/mol. The maximum absolute atomic E-state index is 12.3. The highest BCUT2D eigenvalue weighted by molar-refractivity contribution is 5.96. The van der Waals surface area contributed by atoms with Gasteiger partial charge in [-0.3, -0.25) is 14.4 Å². The summed E-state index contributed by atoms with van der Waals surface area (Å²) < 4.78 is 0. The van der Waals surface area contributed by atoms with Gasteiger partial charge in [0.1, 0.15) is 0 Å². The van der Waals surface area contributed by atoms with Gasteiger partial charge in [0.05, 0.1) is 6.42 Å². The third-order valence-electron chi connectivity index (χ3n) is 4.27. The third-order valence-corrected chi connectivity index (χ3v) is 4.27. The fourth-order valence-electron chi connectivity index (χ4n) is 2.88. The van der Waals surface area contributed by atoms with Crippen molar-refractivity contribution in [2.75, 3.05) is 11.9 Å². The predicted octanol–water partition coefficient (Wildman–Crippen LogP) is 2.80.